The molecular weight excluding hydrogens is 918 g/mol. The predicted octanol–water partition coefficient (Wildman–Crippen LogP) is 7.99. The van der Waals surface area contributed by atoms with E-state index < -0.39 is 97.8 Å². The summed E-state index contributed by atoms with van der Waals surface area (Å²) < 4.78 is 61.3. The number of hydrogen-bond donors (Lipinski definition) is 5. The molecule has 0 bridgehead atoms. The number of phosphoric ester groups is 2. The molecule has 1 aromatic carbocycles. The number of nitriles is 1. The smallest absolute Gasteiger partial charge is 0.489 e. The van der Waals surface area contributed by atoms with Crippen molar-refractivity contribution in [1.29, 1.82) is 10.7 Å². The number of methoxy groups -OCH3 is 1. The van der Waals surface area contributed by atoms with E-state index in [1.807, 2.05) is 33.8 Å². The van der Waals surface area contributed by atoms with E-state index in [0.717, 1.165) is 5.57 Å². The molecule has 5 fully saturated rings. The van der Waals surface area contributed by atoms with E-state index >= 15 is 4.79 Å². The number of aliphatic hydroxyl groups excluding tert-OH is 1. The maximum atomic E-state index is 15.7. The summed E-state index contributed by atoms with van der Waals surface area (Å²) in [7, 11) is -10.4. The number of ketones is 1. The Morgan fingerprint density at radius 3 is 2.28 bits per heavy atom. The van der Waals surface area contributed by atoms with Crippen molar-refractivity contribution in [3.8, 4) is 23.3 Å². The van der Waals surface area contributed by atoms with Crippen molar-refractivity contribution in [2.45, 2.75) is 119 Å². The molecule has 0 aromatic heterocycles. The van der Waals surface area contributed by atoms with Gasteiger partial charge in [0.05, 0.1) is 24.7 Å². The highest BCUT2D eigenvalue weighted by atomic mass is 31.3. The van der Waals surface area contributed by atoms with Gasteiger partial charge in [0.25, 0.3) is 6.29 Å². The van der Waals surface area contributed by atoms with Gasteiger partial charge in [0.15, 0.2) is 0 Å². The summed E-state index contributed by atoms with van der Waals surface area (Å²) in [4.78, 5) is 61.9. The molecule has 16 atom stereocenters. The Balaban J connectivity index is 1.34. The Labute approximate surface area is 397 Å². The molecule has 16 unspecified atom stereocenters. The van der Waals surface area contributed by atoms with Crippen molar-refractivity contribution in [3.63, 3.8) is 0 Å². The molecule has 0 spiro atoms. The quantitative estimate of drug-likeness (QED) is 0.0388. The van der Waals surface area contributed by atoms with Crippen molar-refractivity contribution in [3.05, 3.63) is 46.1 Å². The molecule has 2 heterocycles. The molecule has 19 heteroatoms. The number of phosphoric acid groups is 2. The first-order chi connectivity index (χ1) is 31.6. The second kappa shape index (κ2) is 17.0. The van der Waals surface area contributed by atoms with Crippen LogP contribution in [0.2, 0.25) is 0 Å². The SMILES string of the molecule is COC(=O)C(C)=CC1C2C3C(=O)C4(C)C5C(C#N)C(=N)C(C)C6c7c(OP(=O)(O)OP(=O)(O)OC(=O)C(O)O)c8c(c(CCC(C)C)c7OC(C65)C4C3C(C)(C)C12)OC(C)(CCC=C(C)C)C=C8. The molecule has 0 saturated heterocycles. The molecule has 7 aliphatic rings. The van der Waals surface area contributed by atoms with E-state index in [4.69, 9.17) is 18.7 Å². The number of benzene rings is 1. The van der Waals surface area contributed by atoms with Crippen LogP contribution in [0.15, 0.2) is 29.4 Å². The summed E-state index contributed by atoms with van der Waals surface area (Å²) in [5.41, 5.74) is 0.160. The molecule has 0 radical (unpaired) electrons. The Hall–Kier alpha value is -4.13. The number of rotatable bonds is 14. The highest BCUT2D eigenvalue weighted by molar-refractivity contribution is 7.61. The number of esters is 1. The molecule has 5 N–H and O–H groups in total. The second-order valence-corrected chi connectivity index (χ2v) is 24.7. The van der Waals surface area contributed by atoms with Crippen LogP contribution in [0, 0.1) is 92.7 Å². The second-order valence-electron chi connectivity index (χ2n) is 21.8. The van der Waals surface area contributed by atoms with E-state index in [9.17, 15) is 49.4 Å². The average molecular weight is 983 g/mol. The minimum absolute atomic E-state index is 0.00296. The molecule has 5 saturated carbocycles. The highest BCUT2D eigenvalue weighted by Crippen LogP contribution is 2.82. The lowest BCUT2D eigenvalue weighted by Gasteiger charge is -2.50. The normalized spacial score (nSPS) is 37.1. The van der Waals surface area contributed by atoms with Crippen LogP contribution in [0.4, 0.5) is 0 Å². The third kappa shape index (κ3) is 7.85. The van der Waals surface area contributed by atoms with E-state index in [1.165, 1.54) is 7.11 Å². The molecule has 17 nitrogen and oxygen atoms in total. The van der Waals surface area contributed by atoms with Crippen LogP contribution >= 0.6 is 15.6 Å². The number of carbonyl (C=O) groups excluding carboxylic acids is 3. The van der Waals surface area contributed by atoms with E-state index in [-0.39, 0.29) is 69.5 Å². The fourth-order valence-corrected chi connectivity index (χ4v) is 16.1. The summed E-state index contributed by atoms with van der Waals surface area (Å²) in [5.74, 6) is -7.04. The van der Waals surface area contributed by atoms with Crippen LogP contribution in [0.1, 0.15) is 111 Å². The van der Waals surface area contributed by atoms with Crippen molar-refractivity contribution in [2.75, 3.05) is 7.11 Å². The van der Waals surface area contributed by atoms with Crippen LogP contribution in [0.3, 0.4) is 0 Å². The molecule has 1 aromatic rings. The summed E-state index contributed by atoms with van der Waals surface area (Å²) >= 11 is 0. The number of aliphatic hydroxyl groups is 2. The topological polar surface area (TPSA) is 269 Å². The zero-order chi connectivity index (χ0) is 50.1. The molecular formula is C49H64N2O15P2. The summed E-state index contributed by atoms with van der Waals surface area (Å²) in [6, 6.07) is 2.42. The van der Waals surface area contributed by atoms with Gasteiger partial charge < -0.3 is 38.9 Å². The fourth-order valence-electron chi connectivity index (χ4n) is 14.0. The highest BCUT2D eigenvalue weighted by Gasteiger charge is 2.84. The van der Waals surface area contributed by atoms with E-state index in [0.29, 0.717) is 36.8 Å². The van der Waals surface area contributed by atoms with Gasteiger partial charge in [0.1, 0.15) is 34.7 Å². The van der Waals surface area contributed by atoms with Gasteiger partial charge in [-0.3, -0.25) is 14.6 Å². The number of nitrogens with one attached hydrogen (secondary N) is 1. The van der Waals surface area contributed by atoms with Gasteiger partial charge in [-0.25, -0.2) is 18.7 Å². The van der Waals surface area contributed by atoms with Gasteiger partial charge in [-0.05, 0) is 106 Å². The lowest BCUT2D eigenvalue weighted by molar-refractivity contribution is -0.164. The van der Waals surface area contributed by atoms with Crippen molar-refractivity contribution >= 4 is 45.2 Å². The van der Waals surface area contributed by atoms with E-state index in [2.05, 4.69) is 48.7 Å². The largest absolute Gasteiger partial charge is 0.539 e. The van der Waals surface area contributed by atoms with Gasteiger partial charge in [0, 0.05) is 57.4 Å². The third-order valence-electron chi connectivity index (χ3n) is 16.7. The van der Waals surface area contributed by atoms with Crippen molar-refractivity contribution < 1.29 is 71.1 Å². The predicted molar refractivity (Wildman–Crippen MR) is 246 cm³/mol. The zero-order valence-electron chi connectivity index (χ0n) is 40.3. The number of Topliss-reactive ketones (excluding diaryl/α,β-unsaturated/α-hetero) is 1. The number of carbonyl (C=O) groups is 3. The molecule has 2 aliphatic heterocycles. The first-order valence-corrected chi connectivity index (χ1v) is 26.4. The Morgan fingerprint density at radius 2 is 1.68 bits per heavy atom. The molecule has 5 aliphatic carbocycles. The van der Waals surface area contributed by atoms with Crippen LogP contribution < -0.4 is 14.0 Å². The monoisotopic (exact) mass is 982 g/mol. The standard InChI is InChI=1S/C49H64N2O15P2/c1-21(2)13-12-17-48(9)18-16-26-39(63-48)25(15-14-22(3)4)40-33(41(26)64-67(57,58)66-68(59,60)65-46(56)44(53)54)29-24(6)38(51)28(20-50)35-31(29)42(62-40)37-36-32(43(52)49(35,37)10)30-27(34(30)47(36,7)8)19-23(5)45(55)61-11/h13,16,18-19,22,24,27-32,34-37,42,44,51,53-54H,12,14-15,17H2,1-11H3,(H,57,58)(H,59,60). The van der Waals surface area contributed by atoms with Gasteiger partial charge in [-0.15, -0.1) is 0 Å². The average Bonchev–Trinajstić information content (AvgIpc) is 3.72. The minimum atomic E-state index is -5.86. The van der Waals surface area contributed by atoms with Gasteiger partial charge in [0.2, 0.25) is 0 Å². The summed E-state index contributed by atoms with van der Waals surface area (Å²) in [5, 5.41) is 39.2. The van der Waals surface area contributed by atoms with Crippen molar-refractivity contribution in [2.24, 2.45) is 75.9 Å². The van der Waals surface area contributed by atoms with Crippen molar-refractivity contribution in [1.82, 2.24) is 0 Å². The summed E-state index contributed by atoms with van der Waals surface area (Å²) in [6.45, 7) is 19.8. The minimum Gasteiger partial charge on any atom is -0.489 e. The van der Waals surface area contributed by atoms with Crippen LogP contribution in [-0.2, 0) is 43.5 Å². The Bertz CT molecular complexity index is 2590. The number of hydrogen-bond acceptors (Lipinski definition) is 15. The first kappa shape index (κ1) is 50.3. The van der Waals surface area contributed by atoms with Gasteiger partial charge in [-0.1, -0.05) is 59.3 Å². The molecule has 370 valence electrons. The maximum absolute atomic E-state index is 15.7. The molecule has 68 heavy (non-hydrogen) atoms. The number of ether oxygens (including phenoxy) is 3. The van der Waals surface area contributed by atoms with Gasteiger partial charge in [-0.2, -0.15) is 9.57 Å². The lowest BCUT2D eigenvalue weighted by atomic mass is 9.54. The van der Waals surface area contributed by atoms with Crippen LogP contribution in [0.5, 0.6) is 17.2 Å². The molecule has 8 rings (SSSR count). The number of fused-ring (bicyclic) bond motifs is 10. The summed E-state index contributed by atoms with van der Waals surface area (Å²) in [6.07, 6.45) is 6.16. The maximum Gasteiger partial charge on any atom is 0.539 e. The Kier molecular flexibility index (Phi) is 12.6. The lowest BCUT2D eigenvalue weighted by Crippen LogP contribution is -2.52. The number of allylic oxidation sites excluding steroid dienone is 3. The molecule has 0 amide bonds. The Morgan fingerprint density at radius 1 is 1.00 bits per heavy atom. The number of nitrogens with zero attached hydrogens (tertiary/aromatic N) is 1. The zero-order valence-corrected chi connectivity index (χ0v) is 42.1. The van der Waals surface area contributed by atoms with Crippen LogP contribution in [0.25, 0.3) is 6.08 Å². The third-order valence-corrected chi connectivity index (χ3v) is 19.2. The first-order valence-electron chi connectivity index (χ1n) is 23.4. The fraction of sp³-hybridized carbons (Fsp3) is 0.653. The van der Waals surface area contributed by atoms with Gasteiger partial charge >= 0.3 is 27.6 Å². The van der Waals surface area contributed by atoms with Crippen LogP contribution in [-0.4, -0.2) is 68.5 Å². The van der Waals surface area contributed by atoms with E-state index in [1.54, 1.807) is 26.0 Å².